The monoisotopic (exact) mass is 253 g/mol. The highest BCUT2D eigenvalue weighted by Crippen LogP contribution is 2.55. The summed E-state index contributed by atoms with van der Waals surface area (Å²) in [5.41, 5.74) is 2.12. The van der Waals surface area contributed by atoms with E-state index < -0.39 is 7.60 Å². The summed E-state index contributed by atoms with van der Waals surface area (Å²) >= 11 is 0. The molecule has 4 nitrogen and oxygen atoms in total. The number of nitrogens with zero attached hydrogens (tertiary/aromatic N) is 1. The van der Waals surface area contributed by atoms with E-state index >= 15 is 0 Å². The molecule has 0 aromatic heterocycles. The SMILES string of the molecule is COP(=O)(OC)C1C=Cc2ccccc2N1C. The zero-order valence-electron chi connectivity index (χ0n) is 10.2. The van der Waals surface area contributed by atoms with Gasteiger partial charge in [-0.05, 0) is 17.7 Å². The van der Waals surface area contributed by atoms with E-state index in [1.807, 2.05) is 48.4 Å². The molecule has 0 aliphatic carbocycles. The van der Waals surface area contributed by atoms with Gasteiger partial charge in [-0.3, -0.25) is 4.57 Å². The Hall–Kier alpha value is -1.09. The van der Waals surface area contributed by atoms with Gasteiger partial charge in [-0.2, -0.15) is 0 Å². The number of benzene rings is 1. The van der Waals surface area contributed by atoms with Crippen LogP contribution in [0.3, 0.4) is 0 Å². The van der Waals surface area contributed by atoms with Crippen LogP contribution in [0.15, 0.2) is 30.3 Å². The molecule has 1 heterocycles. The highest BCUT2D eigenvalue weighted by Gasteiger charge is 2.37. The van der Waals surface area contributed by atoms with Gasteiger partial charge in [-0.1, -0.05) is 24.3 Å². The van der Waals surface area contributed by atoms with Gasteiger partial charge in [0.15, 0.2) is 5.78 Å². The average molecular weight is 253 g/mol. The summed E-state index contributed by atoms with van der Waals surface area (Å²) < 4.78 is 22.5. The van der Waals surface area contributed by atoms with Gasteiger partial charge in [-0.25, -0.2) is 0 Å². The van der Waals surface area contributed by atoms with Crippen LogP contribution < -0.4 is 4.90 Å². The van der Waals surface area contributed by atoms with E-state index in [1.165, 1.54) is 14.2 Å². The van der Waals surface area contributed by atoms with E-state index in [2.05, 4.69) is 0 Å². The zero-order chi connectivity index (χ0) is 12.5. The maximum Gasteiger partial charge on any atom is 0.356 e. The second-order valence-corrected chi connectivity index (χ2v) is 6.19. The highest BCUT2D eigenvalue weighted by atomic mass is 31.2. The smallest absolute Gasteiger partial charge is 0.356 e. The molecule has 1 aliphatic heterocycles. The number of fused-ring (bicyclic) bond motifs is 1. The molecule has 0 saturated heterocycles. The molecule has 1 unspecified atom stereocenters. The van der Waals surface area contributed by atoms with Gasteiger partial charge in [0.2, 0.25) is 0 Å². The molecule has 0 amide bonds. The van der Waals surface area contributed by atoms with Gasteiger partial charge < -0.3 is 13.9 Å². The van der Waals surface area contributed by atoms with Crippen LogP contribution in [0.2, 0.25) is 0 Å². The minimum atomic E-state index is -3.13. The van der Waals surface area contributed by atoms with Crippen molar-refractivity contribution in [2.45, 2.75) is 5.78 Å². The third-order valence-corrected chi connectivity index (χ3v) is 5.18. The normalized spacial score (nSPS) is 19.2. The molecule has 1 atom stereocenters. The number of para-hydroxylation sites is 1. The molecule has 0 bridgehead atoms. The van der Waals surface area contributed by atoms with Crippen LogP contribution in [0.4, 0.5) is 5.69 Å². The van der Waals surface area contributed by atoms with Crippen LogP contribution in [0.1, 0.15) is 5.56 Å². The van der Waals surface area contributed by atoms with Crippen LogP contribution >= 0.6 is 7.60 Å². The number of likely N-dealkylation sites (N-methyl/N-ethyl adjacent to an activating group) is 1. The van der Waals surface area contributed by atoms with Crippen molar-refractivity contribution < 1.29 is 13.6 Å². The van der Waals surface area contributed by atoms with E-state index in [-0.39, 0.29) is 5.78 Å². The van der Waals surface area contributed by atoms with Gasteiger partial charge in [0, 0.05) is 27.0 Å². The summed E-state index contributed by atoms with van der Waals surface area (Å²) in [4.78, 5) is 1.92. The maximum absolute atomic E-state index is 12.4. The Morgan fingerprint density at radius 2 is 1.88 bits per heavy atom. The number of anilines is 1. The van der Waals surface area contributed by atoms with Crippen molar-refractivity contribution >= 4 is 19.4 Å². The Kier molecular flexibility index (Phi) is 3.38. The van der Waals surface area contributed by atoms with Crippen molar-refractivity contribution in [2.24, 2.45) is 0 Å². The van der Waals surface area contributed by atoms with Gasteiger partial charge in [0.25, 0.3) is 0 Å². The lowest BCUT2D eigenvalue weighted by Gasteiger charge is -2.34. The predicted molar refractivity (Wildman–Crippen MR) is 69.3 cm³/mol. The summed E-state index contributed by atoms with van der Waals surface area (Å²) in [5.74, 6) is -0.382. The average Bonchev–Trinajstić information content (AvgIpc) is 2.38. The minimum Gasteiger partial charge on any atom is -0.357 e. The van der Waals surface area contributed by atoms with E-state index in [0.717, 1.165) is 11.3 Å². The van der Waals surface area contributed by atoms with Crippen LogP contribution in [0.5, 0.6) is 0 Å². The predicted octanol–water partition coefficient (Wildman–Crippen LogP) is 2.96. The first-order valence-electron chi connectivity index (χ1n) is 5.33. The summed E-state index contributed by atoms with van der Waals surface area (Å²) in [7, 11) is 1.58. The third-order valence-electron chi connectivity index (χ3n) is 2.99. The standard InChI is InChI=1S/C12H16NO3P/c1-13-11-7-5-4-6-10(11)8-9-12(13)17(14,15-2)16-3/h4-9,12H,1-3H3. The van der Waals surface area contributed by atoms with E-state index in [4.69, 9.17) is 9.05 Å². The summed E-state index contributed by atoms with van der Waals surface area (Å²) in [6, 6.07) is 7.93. The Balaban J connectivity index is 2.41. The summed E-state index contributed by atoms with van der Waals surface area (Å²) in [6.45, 7) is 0. The second kappa shape index (κ2) is 4.65. The molecular formula is C12H16NO3P. The zero-order valence-corrected chi connectivity index (χ0v) is 11.1. The molecule has 0 radical (unpaired) electrons. The lowest BCUT2D eigenvalue weighted by Crippen LogP contribution is -2.33. The molecule has 1 aromatic rings. The minimum absolute atomic E-state index is 0.382. The molecule has 0 saturated carbocycles. The van der Waals surface area contributed by atoms with E-state index in [9.17, 15) is 4.57 Å². The van der Waals surface area contributed by atoms with Crippen LogP contribution in [-0.2, 0) is 13.6 Å². The first-order valence-corrected chi connectivity index (χ1v) is 6.95. The molecule has 1 aromatic carbocycles. The number of hydrogen-bond acceptors (Lipinski definition) is 4. The van der Waals surface area contributed by atoms with Crippen LogP contribution in [0.25, 0.3) is 6.08 Å². The maximum atomic E-state index is 12.4. The Morgan fingerprint density at radius 1 is 1.24 bits per heavy atom. The van der Waals surface area contributed by atoms with Gasteiger partial charge >= 0.3 is 7.60 Å². The molecule has 0 N–H and O–H groups in total. The largest absolute Gasteiger partial charge is 0.357 e. The topological polar surface area (TPSA) is 38.8 Å². The third kappa shape index (κ3) is 2.04. The molecule has 0 fully saturated rings. The van der Waals surface area contributed by atoms with Crippen molar-refractivity contribution in [1.29, 1.82) is 0 Å². The Morgan fingerprint density at radius 3 is 2.53 bits per heavy atom. The molecule has 0 spiro atoms. The van der Waals surface area contributed by atoms with Crippen molar-refractivity contribution in [3.8, 4) is 0 Å². The number of hydrogen-bond donors (Lipinski definition) is 0. The lowest BCUT2D eigenvalue weighted by molar-refractivity contribution is 0.270. The lowest BCUT2D eigenvalue weighted by atomic mass is 10.1. The second-order valence-electron chi connectivity index (χ2n) is 3.85. The van der Waals surface area contributed by atoms with Gasteiger partial charge in [0.05, 0.1) is 0 Å². The first kappa shape index (κ1) is 12.4. The molecule has 17 heavy (non-hydrogen) atoms. The van der Waals surface area contributed by atoms with Gasteiger partial charge in [-0.15, -0.1) is 0 Å². The van der Waals surface area contributed by atoms with Crippen molar-refractivity contribution in [2.75, 3.05) is 26.2 Å². The van der Waals surface area contributed by atoms with Crippen LogP contribution in [-0.4, -0.2) is 27.1 Å². The van der Waals surface area contributed by atoms with E-state index in [0.29, 0.717) is 0 Å². The van der Waals surface area contributed by atoms with Crippen LogP contribution in [0, 0.1) is 0 Å². The fourth-order valence-electron chi connectivity index (χ4n) is 2.02. The van der Waals surface area contributed by atoms with Crippen molar-refractivity contribution in [1.82, 2.24) is 0 Å². The molecule has 2 rings (SSSR count). The fourth-order valence-corrected chi connectivity index (χ4v) is 3.45. The van der Waals surface area contributed by atoms with E-state index in [1.54, 1.807) is 0 Å². The molecule has 1 aliphatic rings. The molecule has 5 heteroatoms. The van der Waals surface area contributed by atoms with Crippen molar-refractivity contribution in [3.05, 3.63) is 35.9 Å². The highest BCUT2D eigenvalue weighted by molar-refractivity contribution is 7.55. The van der Waals surface area contributed by atoms with Gasteiger partial charge in [0.1, 0.15) is 0 Å². The van der Waals surface area contributed by atoms with Crippen molar-refractivity contribution in [3.63, 3.8) is 0 Å². The summed E-state index contributed by atoms with van der Waals surface area (Å²) in [5, 5.41) is 0. The number of rotatable bonds is 3. The Labute approximate surface area is 101 Å². The fraction of sp³-hybridized carbons (Fsp3) is 0.333. The quantitative estimate of drug-likeness (QED) is 0.776. The first-order chi connectivity index (χ1) is 8.12. The summed E-state index contributed by atoms with van der Waals surface area (Å²) in [6.07, 6.45) is 3.81. The Bertz CT molecular complexity index is 478. The molecular weight excluding hydrogens is 237 g/mol. The molecule has 92 valence electrons.